The first-order chi connectivity index (χ1) is 7.63. The molecule has 1 fully saturated rings. The number of hydrogen-bond acceptors (Lipinski definition) is 2. The topological polar surface area (TPSA) is 46.3 Å². The van der Waals surface area contributed by atoms with Gasteiger partial charge in [-0.15, -0.1) is 0 Å². The molecular formula is C14H28N2O. The molecule has 3 heteroatoms. The Morgan fingerprint density at radius 1 is 1.41 bits per heavy atom. The number of hydrogen-bond donors (Lipinski definition) is 1. The van der Waals surface area contributed by atoms with Gasteiger partial charge < -0.3 is 10.6 Å². The lowest BCUT2D eigenvalue weighted by Gasteiger charge is -2.40. The highest BCUT2D eigenvalue weighted by Crippen LogP contribution is 2.33. The molecule has 0 aromatic rings. The number of rotatable bonds is 2. The summed E-state index contributed by atoms with van der Waals surface area (Å²) in [6.45, 7) is 9.27. The number of amides is 1. The molecular weight excluding hydrogens is 212 g/mol. The maximum absolute atomic E-state index is 12.4. The zero-order valence-corrected chi connectivity index (χ0v) is 12.0. The molecule has 2 N–H and O–H groups in total. The molecule has 1 aliphatic rings. The van der Waals surface area contributed by atoms with E-state index < -0.39 is 0 Å². The number of carbonyl (C=O) groups is 1. The van der Waals surface area contributed by atoms with E-state index in [1.165, 1.54) is 0 Å². The zero-order valence-electron chi connectivity index (χ0n) is 12.0. The lowest BCUT2D eigenvalue weighted by Crippen LogP contribution is -2.53. The summed E-state index contributed by atoms with van der Waals surface area (Å²) < 4.78 is 0. The van der Waals surface area contributed by atoms with E-state index in [9.17, 15) is 4.79 Å². The van der Waals surface area contributed by atoms with Gasteiger partial charge in [-0.25, -0.2) is 0 Å². The summed E-state index contributed by atoms with van der Waals surface area (Å²) in [5, 5.41) is 0. The largest absolute Gasteiger partial charge is 0.345 e. The molecule has 1 aliphatic carbocycles. The summed E-state index contributed by atoms with van der Waals surface area (Å²) in [4.78, 5) is 14.3. The van der Waals surface area contributed by atoms with E-state index in [-0.39, 0.29) is 22.8 Å². The van der Waals surface area contributed by atoms with Gasteiger partial charge >= 0.3 is 0 Å². The maximum atomic E-state index is 12.4. The standard InChI is InChI=1S/C14H28N2O/c1-13(2,3)10-16(5)12(17)11-8-6-7-9-14(11,4)15/h11H,6-10,15H2,1-5H3. The van der Waals surface area contributed by atoms with Crippen molar-refractivity contribution in [3.8, 4) is 0 Å². The van der Waals surface area contributed by atoms with Crippen molar-refractivity contribution in [2.24, 2.45) is 17.1 Å². The van der Waals surface area contributed by atoms with Gasteiger partial charge in [-0.05, 0) is 25.2 Å². The predicted octanol–water partition coefficient (Wildman–Crippen LogP) is 2.40. The monoisotopic (exact) mass is 240 g/mol. The lowest BCUT2D eigenvalue weighted by molar-refractivity contribution is -0.138. The van der Waals surface area contributed by atoms with E-state index in [0.717, 1.165) is 32.2 Å². The van der Waals surface area contributed by atoms with Gasteiger partial charge in [0, 0.05) is 19.1 Å². The first-order valence-electron chi connectivity index (χ1n) is 6.67. The molecule has 0 aromatic heterocycles. The van der Waals surface area contributed by atoms with Crippen LogP contribution in [0.25, 0.3) is 0 Å². The second-order valence-corrected chi connectivity index (χ2v) is 7.06. The van der Waals surface area contributed by atoms with E-state index in [4.69, 9.17) is 5.73 Å². The van der Waals surface area contributed by atoms with Crippen molar-refractivity contribution in [1.29, 1.82) is 0 Å². The van der Waals surface area contributed by atoms with Crippen LogP contribution in [0.4, 0.5) is 0 Å². The van der Waals surface area contributed by atoms with E-state index >= 15 is 0 Å². The van der Waals surface area contributed by atoms with Crippen LogP contribution in [-0.4, -0.2) is 29.9 Å². The molecule has 3 nitrogen and oxygen atoms in total. The molecule has 2 unspecified atom stereocenters. The molecule has 0 aromatic carbocycles. The first-order valence-corrected chi connectivity index (χ1v) is 6.67. The summed E-state index contributed by atoms with van der Waals surface area (Å²) in [5.41, 5.74) is 6.10. The first kappa shape index (κ1) is 14.5. The van der Waals surface area contributed by atoms with Gasteiger partial charge in [0.25, 0.3) is 0 Å². The van der Waals surface area contributed by atoms with Crippen LogP contribution in [0.2, 0.25) is 0 Å². The minimum atomic E-state index is -0.318. The molecule has 1 saturated carbocycles. The third-order valence-corrected chi connectivity index (χ3v) is 3.64. The number of nitrogens with zero attached hydrogens (tertiary/aromatic N) is 1. The highest BCUT2D eigenvalue weighted by atomic mass is 16.2. The van der Waals surface area contributed by atoms with Crippen molar-refractivity contribution in [3.05, 3.63) is 0 Å². The van der Waals surface area contributed by atoms with Crippen molar-refractivity contribution in [1.82, 2.24) is 4.90 Å². The zero-order chi connectivity index (χ0) is 13.3. The Hall–Kier alpha value is -0.570. The molecule has 0 aliphatic heterocycles. The molecule has 0 saturated heterocycles. The Morgan fingerprint density at radius 3 is 2.47 bits per heavy atom. The fourth-order valence-electron chi connectivity index (χ4n) is 2.82. The summed E-state index contributed by atoms with van der Waals surface area (Å²) >= 11 is 0. The second-order valence-electron chi connectivity index (χ2n) is 7.06. The van der Waals surface area contributed by atoms with E-state index in [0.29, 0.717) is 0 Å². The average molecular weight is 240 g/mol. The van der Waals surface area contributed by atoms with E-state index in [1.807, 2.05) is 18.9 Å². The normalized spacial score (nSPS) is 30.1. The van der Waals surface area contributed by atoms with Crippen LogP contribution in [0.15, 0.2) is 0 Å². The Bertz CT molecular complexity index is 278. The molecule has 2 atom stereocenters. The minimum Gasteiger partial charge on any atom is -0.345 e. The van der Waals surface area contributed by atoms with Crippen LogP contribution in [0.1, 0.15) is 53.4 Å². The Balaban J connectivity index is 2.68. The van der Waals surface area contributed by atoms with Crippen molar-refractivity contribution >= 4 is 5.91 Å². The highest BCUT2D eigenvalue weighted by molar-refractivity contribution is 5.80. The third kappa shape index (κ3) is 3.98. The molecule has 0 spiro atoms. The molecule has 100 valence electrons. The molecule has 17 heavy (non-hydrogen) atoms. The summed E-state index contributed by atoms with van der Waals surface area (Å²) in [6.07, 6.45) is 4.19. The molecule has 0 radical (unpaired) electrons. The van der Waals surface area contributed by atoms with Crippen LogP contribution in [-0.2, 0) is 4.79 Å². The fourth-order valence-corrected chi connectivity index (χ4v) is 2.82. The van der Waals surface area contributed by atoms with Gasteiger partial charge in [-0.3, -0.25) is 4.79 Å². The quantitative estimate of drug-likeness (QED) is 0.805. The van der Waals surface area contributed by atoms with Crippen LogP contribution in [0.3, 0.4) is 0 Å². The molecule has 1 rings (SSSR count). The Labute approximate surface area is 106 Å². The van der Waals surface area contributed by atoms with Gasteiger partial charge in [0.15, 0.2) is 0 Å². The average Bonchev–Trinajstić information content (AvgIpc) is 2.13. The fraction of sp³-hybridized carbons (Fsp3) is 0.929. The van der Waals surface area contributed by atoms with Crippen molar-refractivity contribution < 1.29 is 4.79 Å². The van der Waals surface area contributed by atoms with Crippen LogP contribution in [0.5, 0.6) is 0 Å². The van der Waals surface area contributed by atoms with Crippen molar-refractivity contribution in [2.45, 2.75) is 58.9 Å². The smallest absolute Gasteiger partial charge is 0.227 e. The van der Waals surface area contributed by atoms with Crippen LogP contribution < -0.4 is 5.73 Å². The SMILES string of the molecule is CN(CC(C)(C)C)C(=O)C1CCCCC1(C)N. The summed E-state index contributed by atoms with van der Waals surface area (Å²) in [6, 6.07) is 0. The molecule has 0 bridgehead atoms. The van der Waals surface area contributed by atoms with Gasteiger partial charge in [0.1, 0.15) is 0 Å². The third-order valence-electron chi connectivity index (χ3n) is 3.64. The van der Waals surface area contributed by atoms with E-state index in [1.54, 1.807) is 0 Å². The predicted molar refractivity (Wildman–Crippen MR) is 71.6 cm³/mol. The number of carbonyl (C=O) groups excluding carboxylic acids is 1. The van der Waals surface area contributed by atoms with Crippen molar-refractivity contribution in [2.75, 3.05) is 13.6 Å². The van der Waals surface area contributed by atoms with Gasteiger partial charge in [0.05, 0.1) is 5.92 Å². The summed E-state index contributed by atoms with van der Waals surface area (Å²) in [7, 11) is 1.90. The number of nitrogens with two attached hydrogens (primary N) is 1. The lowest BCUT2D eigenvalue weighted by atomic mass is 9.74. The minimum absolute atomic E-state index is 0.00333. The summed E-state index contributed by atoms with van der Waals surface area (Å²) in [5.74, 6) is 0.230. The maximum Gasteiger partial charge on any atom is 0.227 e. The Kier molecular flexibility index (Phi) is 4.23. The van der Waals surface area contributed by atoms with Crippen LogP contribution >= 0.6 is 0 Å². The Morgan fingerprint density at radius 2 is 2.00 bits per heavy atom. The van der Waals surface area contributed by atoms with Gasteiger partial charge in [0.2, 0.25) is 5.91 Å². The highest BCUT2D eigenvalue weighted by Gasteiger charge is 2.39. The van der Waals surface area contributed by atoms with Gasteiger partial charge in [-0.1, -0.05) is 33.6 Å². The second kappa shape index (κ2) is 4.97. The van der Waals surface area contributed by atoms with E-state index in [2.05, 4.69) is 20.8 Å². The molecule has 1 amide bonds. The molecule has 0 heterocycles. The van der Waals surface area contributed by atoms with Crippen molar-refractivity contribution in [3.63, 3.8) is 0 Å². The van der Waals surface area contributed by atoms with Gasteiger partial charge in [-0.2, -0.15) is 0 Å². The van der Waals surface area contributed by atoms with Crippen LogP contribution in [0, 0.1) is 11.3 Å².